The number of hydrogen-bond acceptors (Lipinski definition) is 8. The van der Waals surface area contributed by atoms with Crippen molar-refractivity contribution in [3.63, 3.8) is 0 Å². The minimum Gasteiger partial charge on any atom is -0.480 e. The molecule has 2 aromatic carbocycles. The van der Waals surface area contributed by atoms with E-state index in [2.05, 4.69) is 15.3 Å². The van der Waals surface area contributed by atoms with Crippen LogP contribution in [-0.2, 0) is 30.5 Å². The Morgan fingerprint density at radius 3 is 2.30 bits per heavy atom. The Hall–Kier alpha value is -5.18. The lowest BCUT2D eigenvalue weighted by Crippen LogP contribution is -2.40. The standard InChI is InChI=1S/C31H29F4N7O4/c1-5-20(43)15-18-9-11-19(12-10-18)42-24(17-39(2)3)27-28(38-42)40(16-21-22(31(33,34)35)7-6-8-23(21)32)30(45)41(29(27)44)25-13-14-26(46-4)37-36-25/h6-14H,5,15-17H2,1-4H3. The van der Waals surface area contributed by atoms with Gasteiger partial charge in [-0.25, -0.2) is 18.4 Å². The zero-order chi connectivity index (χ0) is 33.3. The second-order valence-corrected chi connectivity index (χ2v) is 10.7. The van der Waals surface area contributed by atoms with Gasteiger partial charge in [0.1, 0.15) is 17.0 Å². The number of Topliss-reactive ketones (excluding diaryl/α,β-unsaturated/α-hetero) is 1. The van der Waals surface area contributed by atoms with Gasteiger partial charge < -0.3 is 9.64 Å². The van der Waals surface area contributed by atoms with Crippen LogP contribution in [0.3, 0.4) is 0 Å². The van der Waals surface area contributed by atoms with Crippen LogP contribution in [0.4, 0.5) is 17.6 Å². The summed E-state index contributed by atoms with van der Waals surface area (Å²) in [7, 11) is 4.82. The van der Waals surface area contributed by atoms with Crippen LogP contribution in [-0.4, -0.2) is 61.0 Å². The molecule has 0 aliphatic carbocycles. The van der Waals surface area contributed by atoms with Gasteiger partial charge in [0, 0.05) is 31.0 Å². The van der Waals surface area contributed by atoms with Crippen molar-refractivity contribution in [3.8, 4) is 17.4 Å². The molecule has 0 spiro atoms. The lowest BCUT2D eigenvalue weighted by atomic mass is 10.1. The molecular formula is C31H29F4N7O4. The maximum atomic E-state index is 15.1. The zero-order valence-electron chi connectivity index (χ0n) is 25.3. The summed E-state index contributed by atoms with van der Waals surface area (Å²) in [6.07, 6.45) is -4.34. The van der Waals surface area contributed by atoms with Crippen LogP contribution in [0.15, 0.2) is 64.2 Å². The van der Waals surface area contributed by atoms with E-state index in [4.69, 9.17) is 4.74 Å². The zero-order valence-corrected chi connectivity index (χ0v) is 25.3. The number of hydrogen-bond donors (Lipinski definition) is 0. The number of halogens is 4. The second-order valence-electron chi connectivity index (χ2n) is 10.7. The van der Waals surface area contributed by atoms with E-state index in [0.29, 0.717) is 28.4 Å². The van der Waals surface area contributed by atoms with Gasteiger partial charge in [-0.15, -0.1) is 15.3 Å². The van der Waals surface area contributed by atoms with Gasteiger partial charge in [-0.3, -0.25) is 14.2 Å². The summed E-state index contributed by atoms with van der Waals surface area (Å²) in [6.45, 7) is 0.974. The maximum absolute atomic E-state index is 15.1. The summed E-state index contributed by atoms with van der Waals surface area (Å²) in [4.78, 5) is 41.9. The van der Waals surface area contributed by atoms with Crippen LogP contribution in [0.25, 0.3) is 22.5 Å². The van der Waals surface area contributed by atoms with Crippen molar-refractivity contribution < 1.29 is 27.1 Å². The molecule has 11 nitrogen and oxygen atoms in total. The molecule has 0 aliphatic rings. The molecule has 5 rings (SSSR count). The molecule has 0 bridgehead atoms. The van der Waals surface area contributed by atoms with Gasteiger partial charge in [-0.2, -0.15) is 13.2 Å². The van der Waals surface area contributed by atoms with Crippen LogP contribution in [0.1, 0.15) is 35.7 Å². The van der Waals surface area contributed by atoms with E-state index in [1.807, 2.05) is 0 Å². The molecule has 0 aliphatic heterocycles. The van der Waals surface area contributed by atoms with E-state index in [9.17, 15) is 27.6 Å². The van der Waals surface area contributed by atoms with E-state index in [-0.39, 0.29) is 41.5 Å². The molecule has 46 heavy (non-hydrogen) atoms. The number of aromatic nitrogens is 6. The third kappa shape index (κ3) is 6.18. The number of rotatable bonds is 10. The summed E-state index contributed by atoms with van der Waals surface area (Å²) in [5.74, 6) is -1.29. The Kier molecular flexibility index (Phi) is 8.87. The Morgan fingerprint density at radius 2 is 1.72 bits per heavy atom. The summed E-state index contributed by atoms with van der Waals surface area (Å²) < 4.78 is 65.0. The average Bonchev–Trinajstić information content (AvgIpc) is 3.38. The highest BCUT2D eigenvalue weighted by molar-refractivity contribution is 5.81. The number of nitrogens with zero attached hydrogens (tertiary/aromatic N) is 7. The number of carbonyl (C=O) groups is 1. The Morgan fingerprint density at radius 1 is 1.00 bits per heavy atom. The SMILES string of the molecule is CCC(=O)Cc1ccc(-n2nc3c(c2CN(C)C)c(=O)n(-c2ccc(OC)nn2)c(=O)n3Cc2c(F)cccc2C(F)(F)F)cc1. The molecule has 0 N–H and O–H groups in total. The summed E-state index contributed by atoms with van der Waals surface area (Å²) in [5.41, 5.74) is -2.80. The molecule has 15 heteroatoms. The smallest absolute Gasteiger partial charge is 0.416 e. The first-order valence-electron chi connectivity index (χ1n) is 14.1. The number of benzene rings is 2. The van der Waals surface area contributed by atoms with Gasteiger partial charge >= 0.3 is 11.9 Å². The topological polar surface area (TPSA) is 117 Å². The van der Waals surface area contributed by atoms with Crippen LogP contribution in [0, 0.1) is 5.82 Å². The molecule has 0 saturated carbocycles. The van der Waals surface area contributed by atoms with E-state index in [1.165, 1.54) is 23.9 Å². The Labute approximate surface area is 259 Å². The Balaban J connectivity index is 1.84. The van der Waals surface area contributed by atoms with Crippen molar-refractivity contribution in [3.05, 3.63) is 104 Å². The molecule has 240 valence electrons. The largest absolute Gasteiger partial charge is 0.480 e. The highest BCUT2D eigenvalue weighted by Crippen LogP contribution is 2.34. The first-order valence-corrected chi connectivity index (χ1v) is 14.1. The van der Waals surface area contributed by atoms with Gasteiger partial charge in [-0.1, -0.05) is 25.1 Å². The number of fused-ring (bicyclic) bond motifs is 1. The summed E-state index contributed by atoms with van der Waals surface area (Å²) in [5, 5.41) is 12.2. The van der Waals surface area contributed by atoms with Crippen molar-refractivity contribution in [1.29, 1.82) is 0 Å². The van der Waals surface area contributed by atoms with Gasteiger partial charge in [0.2, 0.25) is 5.88 Å². The molecule has 5 aromatic rings. The predicted octanol–water partition coefficient (Wildman–Crippen LogP) is 3.93. The van der Waals surface area contributed by atoms with Crippen molar-refractivity contribution in [1.82, 2.24) is 34.0 Å². The van der Waals surface area contributed by atoms with Crippen molar-refractivity contribution in [2.45, 2.75) is 39.0 Å². The second kappa shape index (κ2) is 12.7. The van der Waals surface area contributed by atoms with E-state index in [1.54, 1.807) is 50.2 Å². The number of alkyl halides is 3. The third-order valence-corrected chi connectivity index (χ3v) is 7.30. The quantitative estimate of drug-likeness (QED) is 0.211. The van der Waals surface area contributed by atoms with E-state index >= 15 is 4.39 Å². The van der Waals surface area contributed by atoms with Crippen molar-refractivity contribution in [2.24, 2.45) is 0 Å². The molecule has 0 saturated heterocycles. The molecule has 0 radical (unpaired) electrons. The molecule has 0 unspecified atom stereocenters. The number of methoxy groups -OCH3 is 1. The monoisotopic (exact) mass is 639 g/mol. The van der Waals surface area contributed by atoms with Gasteiger partial charge in [0.05, 0.1) is 30.6 Å². The van der Waals surface area contributed by atoms with Gasteiger partial charge in [0.25, 0.3) is 5.56 Å². The molecule has 3 heterocycles. The fraction of sp³-hybridized carbons (Fsp3) is 0.290. The molecular weight excluding hydrogens is 610 g/mol. The number of ketones is 1. The van der Waals surface area contributed by atoms with E-state index < -0.39 is 40.9 Å². The van der Waals surface area contributed by atoms with Crippen molar-refractivity contribution in [2.75, 3.05) is 21.2 Å². The lowest BCUT2D eigenvalue weighted by Gasteiger charge is -2.16. The average molecular weight is 640 g/mol. The van der Waals surface area contributed by atoms with E-state index in [0.717, 1.165) is 22.3 Å². The first-order chi connectivity index (χ1) is 21.8. The minimum absolute atomic E-state index is 0.0449. The number of ether oxygens (including phenoxy) is 1. The molecule has 0 amide bonds. The normalized spacial score (nSPS) is 11.8. The first kappa shape index (κ1) is 32.2. The highest BCUT2D eigenvalue weighted by atomic mass is 19.4. The third-order valence-electron chi connectivity index (χ3n) is 7.30. The number of carbonyl (C=O) groups excluding carboxylic acids is 1. The van der Waals surface area contributed by atoms with Gasteiger partial charge in [0.15, 0.2) is 11.5 Å². The fourth-order valence-corrected chi connectivity index (χ4v) is 5.05. The highest BCUT2D eigenvalue weighted by Gasteiger charge is 2.35. The minimum atomic E-state index is -4.94. The van der Waals surface area contributed by atoms with Crippen molar-refractivity contribution >= 4 is 16.8 Å². The lowest BCUT2D eigenvalue weighted by molar-refractivity contribution is -0.138. The molecule has 0 fully saturated rings. The van der Waals surface area contributed by atoms with Crippen LogP contribution in [0.5, 0.6) is 5.88 Å². The maximum Gasteiger partial charge on any atom is 0.416 e. The van der Waals surface area contributed by atoms with Crippen LogP contribution < -0.4 is 16.0 Å². The molecule has 0 atom stereocenters. The summed E-state index contributed by atoms with van der Waals surface area (Å²) >= 11 is 0. The fourth-order valence-electron chi connectivity index (χ4n) is 5.05. The molecule has 3 aromatic heterocycles. The van der Waals surface area contributed by atoms with Crippen LogP contribution >= 0.6 is 0 Å². The van der Waals surface area contributed by atoms with Crippen LogP contribution in [0.2, 0.25) is 0 Å². The Bertz CT molecular complexity index is 2030. The summed E-state index contributed by atoms with van der Waals surface area (Å²) in [6, 6.07) is 12.0. The predicted molar refractivity (Wildman–Crippen MR) is 160 cm³/mol. The van der Waals surface area contributed by atoms with Gasteiger partial charge in [-0.05, 0) is 50.0 Å².